The van der Waals surface area contributed by atoms with Crippen LogP contribution in [-0.4, -0.2) is 41.3 Å². The van der Waals surface area contributed by atoms with Crippen molar-refractivity contribution >= 4 is 15.9 Å². The summed E-state index contributed by atoms with van der Waals surface area (Å²) in [7, 11) is -3.67. The molecule has 2 heterocycles. The second-order valence-corrected chi connectivity index (χ2v) is 10.6. The van der Waals surface area contributed by atoms with Crippen LogP contribution in [0.3, 0.4) is 0 Å². The van der Waals surface area contributed by atoms with Crippen molar-refractivity contribution in [3.8, 4) is 0 Å². The van der Waals surface area contributed by atoms with E-state index in [1.807, 2.05) is 30.3 Å². The summed E-state index contributed by atoms with van der Waals surface area (Å²) in [5, 5.41) is 2.93. The highest BCUT2D eigenvalue weighted by atomic mass is 32.2. The molecule has 0 saturated heterocycles. The molecular weight excluding hydrogens is 448 g/mol. The summed E-state index contributed by atoms with van der Waals surface area (Å²) in [6.07, 6.45) is 9.28. The molecule has 0 radical (unpaired) electrons. The molecule has 7 nitrogen and oxygen atoms in total. The van der Waals surface area contributed by atoms with Crippen molar-refractivity contribution in [1.29, 1.82) is 0 Å². The van der Waals surface area contributed by atoms with Gasteiger partial charge in [-0.1, -0.05) is 49.7 Å². The molecule has 0 fully saturated rings. The number of carbonyl (C=O) groups excluding carboxylic acids is 1. The molecule has 0 aliphatic carbocycles. The fraction of sp³-hybridized carbons (Fsp3) is 0.385. The van der Waals surface area contributed by atoms with Gasteiger partial charge in [-0.2, -0.15) is 4.31 Å². The number of hydrogen-bond donors (Lipinski definition) is 1. The standard InChI is InChI=1S/C26H32N4O3S/c1-2-3-6-21-9-11-23(12-10-21)34(32,33)30-17-14-22-7-4-5-8-24(22)25(30)13-15-28-26(31)19-29-18-16-27-20-29/h4-5,7-12,16,18,20,25H,2-3,6,13-15,17,19H2,1H3,(H,28,31). The molecular formula is C26H32N4O3S. The zero-order valence-electron chi connectivity index (χ0n) is 19.6. The van der Waals surface area contributed by atoms with Crippen LogP contribution in [-0.2, 0) is 34.2 Å². The molecule has 1 aliphatic heterocycles. The molecule has 4 rings (SSSR count). The zero-order chi connectivity index (χ0) is 24.0. The first-order chi connectivity index (χ1) is 16.5. The number of aromatic nitrogens is 2. The SMILES string of the molecule is CCCCc1ccc(S(=O)(=O)N2CCc3ccccc3C2CCNC(=O)Cn2ccnc2)cc1. The van der Waals surface area contributed by atoms with E-state index in [-0.39, 0.29) is 18.5 Å². The number of nitrogens with one attached hydrogen (secondary N) is 1. The van der Waals surface area contributed by atoms with Crippen LogP contribution < -0.4 is 5.32 Å². The molecule has 1 aliphatic rings. The number of amides is 1. The Morgan fingerprint density at radius 1 is 1.15 bits per heavy atom. The third kappa shape index (κ3) is 5.56. The highest BCUT2D eigenvalue weighted by Gasteiger charge is 2.36. The van der Waals surface area contributed by atoms with Crippen molar-refractivity contribution in [2.45, 2.75) is 56.5 Å². The van der Waals surface area contributed by atoms with Crippen LogP contribution in [0.2, 0.25) is 0 Å². The van der Waals surface area contributed by atoms with Gasteiger partial charge >= 0.3 is 0 Å². The first kappa shape index (κ1) is 24.2. The maximum absolute atomic E-state index is 13.7. The van der Waals surface area contributed by atoms with Crippen LogP contribution in [0.5, 0.6) is 0 Å². The highest BCUT2D eigenvalue weighted by molar-refractivity contribution is 7.89. The molecule has 1 unspecified atom stereocenters. The first-order valence-electron chi connectivity index (χ1n) is 11.9. The fourth-order valence-corrected chi connectivity index (χ4v) is 6.15. The molecule has 0 spiro atoms. The van der Waals surface area contributed by atoms with E-state index in [1.165, 1.54) is 5.56 Å². The van der Waals surface area contributed by atoms with Crippen molar-refractivity contribution in [3.05, 3.63) is 83.9 Å². The van der Waals surface area contributed by atoms with E-state index in [0.717, 1.165) is 30.4 Å². The summed E-state index contributed by atoms with van der Waals surface area (Å²) in [5.74, 6) is -0.126. The molecule has 1 aromatic heterocycles. The summed E-state index contributed by atoms with van der Waals surface area (Å²) >= 11 is 0. The summed E-state index contributed by atoms with van der Waals surface area (Å²) in [6.45, 7) is 3.14. The van der Waals surface area contributed by atoms with Gasteiger partial charge in [0.25, 0.3) is 0 Å². The van der Waals surface area contributed by atoms with Gasteiger partial charge in [0.05, 0.1) is 17.3 Å². The number of aryl methyl sites for hydroxylation is 1. The fourth-order valence-electron chi connectivity index (χ4n) is 4.51. The van der Waals surface area contributed by atoms with E-state index in [9.17, 15) is 13.2 Å². The van der Waals surface area contributed by atoms with Gasteiger partial charge in [0.1, 0.15) is 6.54 Å². The lowest BCUT2D eigenvalue weighted by Crippen LogP contribution is -2.41. The summed E-state index contributed by atoms with van der Waals surface area (Å²) in [5.41, 5.74) is 3.33. The van der Waals surface area contributed by atoms with Gasteiger partial charge in [-0.3, -0.25) is 4.79 Å². The Balaban J connectivity index is 1.51. The monoisotopic (exact) mass is 480 g/mol. The molecule has 1 N–H and O–H groups in total. The quantitative estimate of drug-likeness (QED) is 0.479. The van der Waals surface area contributed by atoms with Gasteiger partial charge in [0.2, 0.25) is 15.9 Å². The Morgan fingerprint density at radius 3 is 2.68 bits per heavy atom. The van der Waals surface area contributed by atoms with E-state index in [2.05, 4.69) is 23.3 Å². The minimum atomic E-state index is -3.67. The number of rotatable bonds is 10. The minimum Gasteiger partial charge on any atom is -0.354 e. The van der Waals surface area contributed by atoms with E-state index in [0.29, 0.717) is 30.8 Å². The topological polar surface area (TPSA) is 84.3 Å². The van der Waals surface area contributed by atoms with E-state index < -0.39 is 10.0 Å². The van der Waals surface area contributed by atoms with Crippen LogP contribution in [0, 0.1) is 0 Å². The third-order valence-electron chi connectivity index (χ3n) is 6.34. The maximum Gasteiger partial charge on any atom is 0.243 e. The molecule has 0 saturated carbocycles. The molecule has 3 aromatic rings. The van der Waals surface area contributed by atoms with Crippen LogP contribution in [0.15, 0.2) is 72.1 Å². The van der Waals surface area contributed by atoms with Crippen molar-refractivity contribution in [2.24, 2.45) is 0 Å². The lowest BCUT2D eigenvalue weighted by molar-refractivity contribution is -0.121. The van der Waals surface area contributed by atoms with E-state index >= 15 is 0 Å². The second kappa shape index (κ2) is 11.0. The predicted octanol–water partition coefficient (Wildman–Crippen LogP) is 3.72. The smallest absolute Gasteiger partial charge is 0.243 e. The number of carbonyl (C=O) groups is 1. The van der Waals surface area contributed by atoms with Gasteiger partial charge in [-0.15, -0.1) is 0 Å². The van der Waals surface area contributed by atoms with Crippen LogP contribution >= 0.6 is 0 Å². The zero-order valence-corrected chi connectivity index (χ0v) is 20.4. The Labute approximate surface area is 201 Å². The van der Waals surface area contributed by atoms with Gasteiger partial charge in [0, 0.05) is 25.5 Å². The molecule has 0 bridgehead atoms. The number of fused-ring (bicyclic) bond motifs is 1. The molecule has 34 heavy (non-hydrogen) atoms. The number of unbranched alkanes of at least 4 members (excludes halogenated alkanes) is 1. The molecule has 2 aromatic carbocycles. The first-order valence-corrected chi connectivity index (χ1v) is 13.3. The number of imidazole rings is 1. The molecule has 1 atom stereocenters. The highest BCUT2D eigenvalue weighted by Crippen LogP contribution is 2.36. The molecule has 180 valence electrons. The molecule has 8 heteroatoms. The minimum absolute atomic E-state index is 0.126. The summed E-state index contributed by atoms with van der Waals surface area (Å²) in [6, 6.07) is 15.0. The van der Waals surface area contributed by atoms with Gasteiger partial charge in [-0.25, -0.2) is 13.4 Å². The lowest BCUT2D eigenvalue weighted by Gasteiger charge is -2.36. The normalized spacial score (nSPS) is 16.2. The number of benzene rings is 2. The Hall–Kier alpha value is -2.97. The van der Waals surface area contributed by atoms with Crippen LogP contribution in [0.25, 0.3) is 0 Å². The lowest BCUT2D eigenvalue weighted by atomic mass is 9.92. The Bertz CT molecular complexity index is 1190. The van der Waals surface area contributed by atoms with Gasteiger partial charge in [-0.05, 0) is 54.5 Å². The van der Waals surface area contributed by atoms with Crippen LogP contribution in [0.4, 0.5) is 0 Å². The number of sulfonamides is 1. The largest absolute Gasteiger partial charge is 0.354 e. The number of nitrogens with zero attached hydrogens (tertiary/aromatic N) is 3. The van der Waals surface area contributed by atoms with Crippen molar-refractivity contribution in [1.82, 2.24) is 19.2 Å². The second-order valence-electron chi connectivity index (χ2n) is 8.70. The van der Waals surface area contributed by atoms with Crippen molar-refractivity contribution < 1.29 is 13.2 Å². The van der Waals surface area contributed by atoms with E-state index in [4.69, 9.17) is 0 Å². The summed E-state index contributed by atoms with van der Waals surface area (Å²) in [4.78, 5) is 16.6. The van der Waals surface area contributed by atoms with Crippen LogP contribution in [0.1, 0.15) is 48.9 Å². The average Bonchev–Trinajstić information content (AvgIpc) is 3.36. The van der Waals surface area contributed by atoms with Gasteiger partial charge < -0.3 is 9.88 Å². The van der Waals surface area contributed by atoms with E-state index in [1.54, 1.807) is 39.7 Å². The third-order valence-corrected chi connectivity index (χ3v) is 8.26. The van der Waals surface area contributed by atoms with Crippen molar-refractivity contribution in [3.63, 3.8) is 0 Å². The molecule has 1 amide bonds. The maximum atomic E-state index is 13.7. The predicted molar refractivity (Wildman–Crippen MR) is 132 cm³/mol. The number of hydrogen-bond acceptors (Lipinski definition) is 4. The summed E-state index contributed by atoms with van der Waals surface area (Å²) < 4.78 is 30.6. The average molecular weight is 481 g/mol. The Kier molecular flexibility index (Phi) is 7.80. The van der Waals surface area contributed by atoms with Crippen molar-refractivity contribution in [2.75, 3.05) is 13.1 Å². The van der Waals surface area contributed by atoms with Gasteiger partial charge in [0.15, 0.2) is 0 Å². The Morgan fingerprint density at radius 2 is 1.94 bits per heavy atom.